The maximum absolute atomic E-state index is 13.6. The zero-order chi connectivity index (χ0) is 23.2. The first-order chi connectivity index (χ1) is 16.6. The molecule has 3 aliphatic rings. The average Bonchev–Trinajstić information content (AvgIpc) is 3.49. The molecule has 0 N–H and O–H groups in total. The van der Waals surface area contributed by atoms with Gasteiger partial charge in [0.05, 0.1) is 30.7 Å². The molecular formula is C24H27ClFN7O. The van der Waals surface area contributed by atoms with Crippen molar-refractivity contribution in [1.82, 2.24) is 29.6 Å². The van der Waals surface area contributed by atoms with Crippen LogP contribution in [0.15, 0.2) is 24.4 Å². The zero-order valence-electron chi connectivity index (χ0n) is 19.1. The van der Waals surface area contributed by atoms with Crippen LogP contribution in [0.3, 0.4) is 0 Å². The summed E-state index contributed by atoms with van der Waals surface area (Å²) in [5, 5.41) is 10.1. The van der Waals surface area contributed by atoms with Crippen LogP contribution >= 0.6 is 11.6 Å². The van der Waals surface area contributed by atoms with Gasteiger partial charge >= 0.3 is 0 Å². The fourth-order valence-electron chi connectivity index (χ4n) is 5.31. The molecule has 2 fully saturated rings. The fourth-order valence-corrected chi connectivity index (χ4v) is 5.51. The van der Waals surface area contributed by atoms with E-state index in [1.165, 1.54) is 11.8 Å². The molecule has 3 aromatic rings. The van der Waals surface area contributed by atoms with Crippen molar-refractivity contribution in [2.24, 2.45) is 0 Å². The molecule has 2 aromatic heterocycles. The smallest absolute Gasteiger partial charge is 0.225 e. The molecule has 0 bridgehead atoms. The van der Waals surface area contributed by atoms with Crippen molar-refractivity contribution >= 4 is 17.5 Å². The Labute approximate surface area is 202 Å². The molecule has 0 saturated carbocycles. The van der Waals surface area contributed by atoms with Crippen molar-refractivity contribution in [2.75, 3.05) is 31.2 Å². The minimum absolute atomic E-state index is 0.268. The van der Waals surface area contributed by atoms with Gasteiger partial charge in [-0.05, 0) is 49.9 Å². The summed E-state index contributed by atoms with van der Waals surface area (Å²) < 4.78 is 21.5. The first-order valence-electron chi connectivity index (χ1n) is 11.9. The van der Waals surface area contributed by atoms with Crippen molar-refractivity contribution in [1.29, 1.82) is 0 Å². The van der Waals surface area contributed by atoms with E-state index < -0.39 is 0 Å². The third kappa shape index (κ3) is 3.95. The molecule has 0 aliphatic carbocycles. The van der Waals surface area contributed by atoms with E-state index in [2.05, 4.69) is 41.6 Å². The van der Waals surface area contributed by atoms with E-state index in [9.17, 15) is 4.39 Å². The van der Waals surface area contributed by atoms with Gasteiger partial charge in [0, 0.05) is 43.2 Å². The second-order valence-electron chi connectivity index (χ2n) is 9.37. The summed E-state index contributed by atoms with van der Waals surface area (Å²) >= 11 is 6.40. The number of ether oxygens (including phenoxy) is 1. The standard InChI is InChI=1S/C24H27ClFN7O/c1-15-20(26)11-27-24(28-15)31-7-4-16(5-8-31)23-30-29-22-13-32(19-6-9-34-14-19)12-17-10-18(25)2-3-21(17)33(22)23/h2-3,10-11,16,19H,4-9,12-14H2,1H3/t19-/m1/s1. The quantitative estimate of drug-likeness (QED) is 0.563. The van der Waals surface area contributed by atoms with Crippen LogP contribution in [0.25, 0.3) is 5.69 Å². The Hall–Kier alpha value is -2.62. The van der Waals surface area contributed by atoms with Crippen molar-refractivity contribution in [3.8, 4) is 5.69 Å². The highest BCUT2D eigenvalue weighted by Crippen LogP contribution is 2.35. The molecule has 0 spiro atoms. The average molecular weight is 484 g/mol. The SMILES string of the molecule is Cc1nc(N2CCC(c3nnc4n3-c3ccc(Cl)cc3CN([C@@H]3CCOC3)C4)CC2)ncc1F. The molecule has 8 nitrogen and oxygen atoms in total. The van der Waals surface area contributed by atoms with Gasteiger partial charge in [0.2, 0.25) is 5.95 Å². The molecule has 6 rings (SSSR count). The number of rotatable bonds is 3. The summed E-state index contributed by atoms with van der Waals surface area (Å²) in [6.07, 6.45) is 4.09. The monoisotopic (exact) mass is 483 g/mol. The Balaban J connectivity index is 1.29. The summed E-state index contributed by atoms with van der Waals surface area (Å²) in [7, 11) is 0. The molecule has 10 heteroatoms. The molecule has 178 valence electrons. The van der Waals surface area contributed by atoms with Gasteiger partial charge in [-0.2, -0.15) is 0 Å². The molecule has 2 saturated heterocycles. The highest BCUT2D eigenvalue weighted by atomic mass is 35.5. The Morgan fingerprint density at radius 3 is 2.74 bits per heavy atom. The van der Waals surface area contributed by atoms with Crippen LogP contribution in [0.2, 0.25) is 5.02 Å². The number of fused-ring (bicyclic) bond motifs is 3. The molecule has 34 heavy (non-hydrogen) atoms. The largest absolute Gasteiger partial charge is 0.380 e. The van der Waals surface area contributed by atoms with Crippen LogP contribution in [0.4, 0.5) is 10.3 Å². The first kappa shape index (κ1) is 21.9. The van der Waals surface area contributed by atoms with Crippen molar-refractivity contribution < 1.29 is 9.13 Å². The summed E-state index contributed by atoms with van der Waals surface area (Å²) in [6, 6.07) is 6.47. The van der Waals surface area contributed by atoms with Gasteiger partial charge in [-0.3, -0.25) is 9.47 Å². The van der Waals surface area contributed by atoms with E-state index in [0.717, 1.165) is 81.0 Å². The number of hydrogen-bond acceptors (Lipinski definition) is 7. The van der Waals surface area contributed by atoms with Crippen LogP contribution in [0, 0.1) is 12.7 Å². The van der Waals surface area contributed by atoms with Gasteiger partial charge < -0.3 is 9.64 Å². The Morgan fingerprint density at radius 2 is 1.97 bits per heavy atom. The fraction of sp³-hybridized carbons (Fsp3) is 0.500. The second-order valence-corrected chi connectivity index (χ2v) is 9.81. The number of nitrogens with zero attached hydrogens (tertiary/aromatic N) is 7. The van der Waals surface area contributed by atoms with E-state index in [1.54, 1.807) is 6.92 Å². The van der Waals surface area contributed by atoms with Gasteiger partial charge in [0.15, 0.2) is 11.6 Å². The van der Waals surface area contributed by atoms with Crippen molar-refractivity contribution in [2.45, 2.75) is 51.2 Å². The zero-order valence-corrected chi connectivity index (χ0v) is 19.9. The molecule has 1 atom stereocenters. The predicted octanol–water partition coefficient (Wildman–Crippen LogP) is 3.65. The lowest BCUT2D eigenvalue weighted by molar-refractivity contribution is 0.133. The van der Waals surface area contributed by atoms with E-state index >= 15 is 0 Å². The predicted molar refractivity (Wildman–Crippen MR) is 126 cm³/mol. The van der Waals surface area contributed by atoms with E-state index in [-0.39, 0.29) is 11.7 Å². The second kappa shape index (κ2) is 8.87. The Kier molecular flexibility index (Phi) is 5.71. The minimum atomic E-state index is -0.373. The maximum atomic E-state index is 13.6. The lowest BCUT2D eigenvalue weighted by atomic mass is 9.95. The maximum Gasteiger partial charge on any atom is 0.225 e. The van der Waals surface area contributed by atoms with E-state index in [4.69, 9.17) is 21.4 Å². The number of anilines is 1. The normalized spacial score (nSPS) is 21.4. The van der Waals surface area contributed by atoms with Gasteiger partial charge in [-0.1, -0.05) is 11.6 Å². The van der Waals surface area contributed by atoms with Crippen LogP contribution in [0.5, 0.6) is 0 Å². The number of aromatic nitrogens is 5. The highest BCUT2D eigenvalue weighted by molar-refractivity contribution is 6.30. The topological polar surface area (TPSA) is 72.2 Å². The third-order valence-corrected chi connectivity index (χ3v) is 7.46. The van der Waals surface area contributed by atoms with Gasteiger partial charge in [-0.25, -0.2) is 14.4 Å². The van der Waals surface area contributed by atoms with Gasteiger partial charge in [-0.15, -0.1) is 10.2 Å². The van der Waals surface area contributed by atoms with E-state index in [0.29, 0.717) is 17.7 Å². The van der Waals surface area contributed by atoms with Crippen LogP contribution in [-0.4, -0.2) is 62.0 Å². The number of halogens is 2. The van der Waals surface area contributed by atoms with Crippen LogP contribution in [0.1, 0.15) is 48.1 Å². The number of piperidine rings is 1. The Bertz CT molecular complexity index is 1200. The molecule has 0 radical (unpaired) electrons. The minimum Gasteiger partial charge on any atom is -0.380 e. The highest BCUT2D eigenvalue weighted by Gasteiger charge is 2.33. The van der Waals surface area contributed by atoms with Crippen molar-refractivity contribution in [3.63, 3.8) is 0 Å². The molecule has 1 aromatic carbocycles. The first-order valence-corrected chi connectivity index (χ1v) is 12.2. The van der Waals surface area contributed by atoms with Gasteiger partial charge in [0.25, 0.3) is 0 Å². The van der Waals surface area contributed by atoms with Crippen molar-refractivity contribution in [3.05, 3.63) is 58.1 Å². The van der Waals surface area contributed by atoms with Crippen LogP contribution < -0.4 is 4.90 Å². The number of hydrogen-bond donors (Lipinski definition) is 0. The Morgan fingerprint density at radius 1 is 1.12 bits per heavy atom. The van der Waals surface area contributed by atoms with Crippen LogP contribution in [-0.2, 0) is 17.8 Å². The van der Waals surface area contributed by atoms with Gasteiger partial charge in [0.1, 0.15) is 5.82 Å². The summed E-state index contributed by atoms with van der Waals surface area (Å²) in [6.45, 7) is 6.34. The molecular weight excluding hydrogens is 457 g/mol. The summed E-state index contributed by atoms with van der Waals surface area (Å²) in [5.41, 5.74) is 2.68. The molecule has 0 amide bonds. The molecule has 3 aliphatic heterocycles. The molecule has 0 unspecified atom stereocenters. The summed E-state index contributed by atoms with van der Waals surface area (Å²) in [5.74, 6) is 2.44. The third-order valence-electron chi connectivity index (χ3n) is 7.23. The van der Waals surface area contributed by atoms with E-state index in [1.807, 2.05) is 6.07 Å². The number of aryl methyl sites for hydroxylation is 1. The molecule has 5 heterocycles. The number of benzene rings is 1. The lowest BCUT2D eigenvalue weighted by Crippen LogP contribution is -2.35. The summed E-state index contributed by atoms with van der Waals surface area (Å²) in [4.78, 5) is 13.1. The lowest BCUT2D eigenvalue weighted by Gasteiger charge is -2.31.